The molecule has 0 spiro atoms. The van der Waals surface area contributed by atoms with Gasteiger partial charge in [0, 0.05) is 7.11 Å². The van der Waals surface area contributed by atoms with Gasteiger partial charge in [-0.2, -0.15) is 0 Å². The van der Waals surface area contributed by atoms with E-state index < -0.39 is 8.32 Å². The Balaban J connectivity index is 3.11. The minimum atomic E-state index is -1.79. The molecule has 0 heterocycles. The highest BCUT2D eigenvalue weighted by Gasteiger charge is 2.37. The maximum absolute atomic E-state index is 6.12. The number of hydrogen-bond acceptors (Lipinski definition) is 1. The van der Waals surface area contributed by atoms with Crippen LogP contribution < -0.4 is 5.19 Å². The first-order chi connectivity index (χ1) is 8.39. The van der Waals surface area contributed by atoms with E-state index in [0.29, 0.717) is 11.8 Å². The summed E-state index contributed by atoms with van der Waals surface area (Å²) in [5.74, 6) is 1.38. The van der Waals surface area contributed by atoms with Gasteiger partial charge in [-0.1, -0.05) is 57.5 Å². The Morgan fingerprint density at radius 2 is 1.39 bits per heavy atom. The lowest BCUT2D eigenvalue weighted by atomic mass is 10.2. The van der Waals surface area contributed by atoms with Gasteiger partial charge in [0.05, 0.1) is 0 Å². The van der Waals surface area contributed by atoms with Crippen LogP contribution in [0.1, 0.15) is 33.3 Å². The molecule has 102 valence electrons. The normalized spacial score (nSPS) is 12.4. The Morgan fingerprint density at radius 1 is 0.944 bits per heavy atom. The lowest BCUT2D eigenvalue weighted by molar-refractivity contribution is 0.387. The summed E-state index contributed by atoms with van der Waals surface area (Å²) in [6.07, 6.45) is 0. The second-order valence-corrected chi connectivity index (χ2v) is 10.1. The molecule has 0 unspecified atom stereocenters. The van der Waals surface area contributed by atoms with Crippen molar-refractivity contribution < 1.29 is 4.43 Å². The van der Waals surface area contributed by atoms with Crippen LogP contribution in [0.2, 0.25) is 12.1 Å². The zero-order valence-corrected chi connectivity index (χ0v) is 13.8. The molecule has 0 amide bonds. The van der Waals surface area contributed by atoms with Crippen LogP contribution in [-0.2, 0) is 4.43 Å². The zero-order valence-electron chi connectivity index (χ0n) is 12.8. The third-order valence-electron chi connectivity index (χ3n) is 3.44. The standard InChI is InChI=1S/C16H28OSi/c1-13(2)11-18(17-6,12-14(3)4)16-9-7-15(5)8-10-16/h7-10,13-14H,11-12H2,1-6H3. The highest BCUT2D eigenvalue weighted by molar-refractivity contribution is 6.86. The van der Waals surface area contributed by atoms with Crippen LogP contribution in [0.5, 0.6) is 0 Å². The van der Waals surface area contributed by atoms with Gasteiger partial charge in [-0.05, 0) is 36.0 Å². The van der Waals surface area contributed by atoms with E-state index in [9.17, 15) is 0 Å². The van der Waals surface area contributed by atoms with Gasteiger partial charge in [0.2, 0.25) is 8.32 Å². The van der Waals surface area contributed by atoms with Crippen molar-refractivity contribution in [3.05, 3.63) is 29.8 Å². The smallest absolute Gasteiger partial charge is 0.224 e. The molecule has 18 heavy (non-hydrogen) atoms. The third kappa shape index (κ3) is 3.96. The molecule has 0 radical (unpaired) electrons. The van der Waals surface area contributed by atoms with Gasteiger partial charge < -0.3 is 4.43 Å². The van der Waals surface area contributed by atoms with Crippen molar-refractivity contribution >= 4 is 13.5 Å². The van der Waals surface area contributed by atoms with E-state index in [1.807, 2.05) is 7.11 Å². The van der Waals surface area contributed by atoms with Crippen LogP contribution >= 0.6 is 0 Å². The Kier molecular flexibility index (Phi) is 5.61. The quantitative estimate of drug-likeness (QED) is 0.703. The van der Waals surface area contributed by atoms with Crippen molar-refractivity contribution in [3.8, 4) is 0 Å². The molecule has 0 fully saturated rings. The molecule has 0 aliphatic carbocycles. The zero-order chi connectivity index (χ0) is 13.8. The van der Waals surface area contributed by atoms with Gasteiger partial charge in [-0.15, -0.1) is 0 Å². The number of hydrogen-bond donors (Lipinski definition) is 0. The second-order valence-electron chi connectivity index (χ2n) is 6.26. The third-order valence-corrected chi connectivity index (χ3v) is 8.56. The van der Waals surface area contributed by atoms with Gasteiger partial charge in [-0.25, -0.2) is 0 Å². The van der Waals surface area contributed by atoms with E-state index >= 15 is 0 Å². The van der Waals surface area contributed by atoms with Crippen LogP contribution in [0.25, 0.3) is 0 Å². The summed E-state index contributed by atoms with van der Waals surface area (Å²) in [6.45, 7) is 11.3. The van der Waals surface area contributed by atoms with E-state index in [-0.39, 0.29) is 0 Å². The lowest BCUT2D eigenvalue weighted by Gasteiger charge is -2.33. The average molecular weight is 264 g/mol. The highest BCUT2D eigenvalue weighted by Crippen LogP contribution is 2.26. The maximum Gasteiger partial charge on any atom is 0.224 e. The Bertz CT molecular complexity index is 344. The minimum absolute atomic E-state index is 0.691. The van der Waals surface area contributed by atoms with E-state index in [1.165, 1.54) is 22.8 Å². The maximum atomic E-state index is 6.12. The molecule has 0 bridgehead atoms. The molecule has 0 N–H and O–H groups in total. The van der Waals surface area contributed by atoms with Crippen molar-refractivity contribution in [2.45, 2.75) is 46.7 Å². The predicted octanol–water partition coefficient (Wildman–Crippen LogP) is 4.11. The molecule has 0 saturated heterocycles. The van der Waals surface area contributed by atoms with Crippen molar-refractivity contribution in [1.82, 2.24) is 0 Å². The van der Waals surface area contributed by atoms with Gasteiger partial charge in [0.25, 0.3) is 0 Å². The first-order valence-electron chi connectivity index (χ1n) is 7.02. The summed E-state index contributed by atoms with van der Waals surface area (Å²) >= 11 is 0. The van der Waals surface area contributed by atoms with Crippen molar-refractivity contribution in [1.29, 1.82) is 0 Å². The summed E-state index contributed by atoms with van der Waals surface area (Å²) in [7, 11) is 0.119. The monoisotopic (exact) mass is 264 g/mol. The Hall–Kier alpha value is -0.603. The fraction of sp³-hybridized carbons (Fsp3) is 0.625. The molecule has 0 saturated carbocycles. The summed E-state index contributed by atoms with van der Waals surface area (Å²) in [5, 5.41) is 1.46. The molecule has 2 heteroatoms. The minimum Gasteiger partial charge on any atom is -0.415 e. The van der Waals surface area contributed by atoms with Crippen molar-refractivity contribution in [2.24, 2.45) is 11.8 Å². The SMILES string of the molecule is CO[Si](CC(C)C)(CC(C)C)c1ccc(C)cc1. The summed E-state index contributed by atoms with van der Waals surface area (Å²) in [4.78, 5) is 0. The Labute approximate surface area is 114 Å². The molecule has 0 atom stereocenters. The number of aryl methyl sites for hydroxylation is 1. The van der Waals surface area contributed by atoms with Crippen LogP contribution in [0, 0.1) is 18.8 Å². The molecule has 0 aliphatic rings. The molecule has 1 aromatic carbocycles. The lowest BCUT2D eigenvalue weighted by Crippen LogP contribution is -2.51. The van der Waals surface area contributed by atoms with Crippen molar-refractivity contribution in [2.75, 3.05) is 7.11 Å². The van der Waals surface area contributed by atoms with Crippen molar-refractivity contribution in [3.63, 3.8) is 0 Å². The molecule has 1 aromatic rings. The van der Waals surface area contributed by atoms with Crippen LogP contribution in [0.3, 0.4) is 0 Å². The molecule has 0 aliphatic heterocycles. The molecule has 1 rings (SSSR count). The topological polar surface area (TPSA) is 9.23 Å². The highest BCUT2D eigenvalue weighted by atomic mass is 28.4. The van der Waals surface area contributed by atoms with Crippen LogP contribution in [-0.4, -0.2) is 15.4 Å². The van der Waals surface area contributed by atoms with Crippen LogP contribution in [0.4, 0.5) is 0 Å². The largest absolute Gasteiger partial charge is 0.415 e. The number of rotatable bonds is 6. The molecule has 0 aromatic heterocycles. The first-order valence-corrected chi connectivity index (χ1v) is 9.34. The molecule has 1 nitrogen and oxygen atoms in total. The van der Waals surface area contributed by atoms with E-state index in [4.69, 9.17) is 4.43 Å². The predicted molar refractivity (Wildman–Crippen MR) is 82.9 cm³/mol. The molecular formula is C16H28OSi. The Morgan fingerprint density at radius 3 is 1.72 bits per heavy atom. The summed E-state index contributed by atoms with van der Waals surface area (Å²) in [6, 6.07) is 11.4. The molecular weight excluding hydrogens is 236 g/mol. The number of benzene rings is 1. The van der Waals surface area contributed by atoms with Gasteiger partial charge >= 0.3 is 0 Å². The fourth-order valence-corrected chi connectivity index (χ4v) is 7.40. The average Bonchev–Trinajstić information content (AvgIpc) is 2.27. The van der Waals surface area contributed by atoms with E-state index in [0.717, 1.165) is 0 Å². The van der Waals surface area contributed by atoms with E-state index in [1.54, 1.807) is 0 Å². The summed E-state index contributed by atoms with van der Waals surface area (Å²) < 4.78 is 6.12. The van der Waals surface area contributed by atoms with Gasteiger partial charge in [-0.3, -0.25) is 0 Å². The van der Waals surface area contributed by atoms with Crippen LogP contribution in [0.15, 0.2) is 24.3 Å². The summed E-state index contributed by atoms with van der Waals surface area (Å²) in [5.41, 5.74) is 1.33. The first kappa shape index (κ1) is 15.5. The van der Waals surface area contributed by atoms with Gasteiger partial charge in [0.1, 0.15) is 0 Å². The fourth-order valence-electron chi connectivity index (χ4n) is 2.78. The van der Waals surface area contributed by atoms with E-state index in [2.05, 4.69) is 58.9 Å². The second kappa shape index (κ2) is 6.53. The van der Waals surface area contributed by atoms with Gasteiger partial charge in [0.15, 0.2) is 0 Å².